The number of carbonyl (C=O) groups is 2. The number of amides is 3. The molecule has 1 unspecified atom stereocenters. The first-order valence-electron chi connectivity index (χ1n) is 7.07. The van der Waals surface area contributed by atoms with Gasteiger partial charge in [0.15, 0.2) is 0 Å². The second kappa shape index (κ2) is 6.89. The molecule has 1 saturated heterocycles. The molecule has 1 rings (SSSR count). The number of hydrogen-bond acceptors (Lipinski definition) is 3. The van der Waals surface area contributed by atoms with Crippen molar-refractivity contribution in [3.05, 3.63) is 0 Å². The fourth-order valence-corrected chi connectivity index (χ4v) is 2.61. The van der Waals surface area contributed by atoms with E-state index in [2.05, 4.69) is 36.3 Å². The molecule has 0 aromatic heterocycles. The van der Waals surface area contributed by atoms with Crippen LogP contribution < -0.4 is 10.6 Å². The van der Waals surface area contributed by atoms with Crippen LogP contribution in [0, 0.1) is 11.3 Å². The zero-order valence-corrected chi connectivity index (χ0v) is 12.6. The summed E-state index contributed by atoms with van der Waals surface area (Å²) < 4.78 is 0. The number of imide groups is 1. The summed E-state index contributed by atoms with van der Waals surface area (Å²) in [5.41, 5.74) is 0.334. The summed E-state index contributed by atoms with van der Waals surface area (Å²) in [6, 6.07) is -0.438. The second-order valence-corrected chi connectivity index (χ2v) is 6.40. The van der Waals surface area contributed by atoms with Crippen LogP contribution in [0.1, 0.15) is 40.0 Å². The van der Waals surface area contributed by atoms with Gasteiger partial charge in [-0.2, -0.15) is 0 Å². The lowest BCUT2D eigenvalue weighted by molar-refractivity contribution is -0.121. The Morgan fingerprint density at radius 2 is 1.89 bits per heavy atom. The average molecular weight is 269 g/mol. The minimum absolute atomic E-state index is 0.228. The monoisotopic (exact) mass is 269 g/mol. The predicted molar refractivity (Wildman–Crippen MR) is 75.8 cm³/mol. The Balaban J connectivity index is 2.41. The first kappa shape index (κ1) is 16.0. The molecule has 0 saturated carbocycles. The van der Waals surface area contributed by atoms with Crippen LogP contribution in [-0.2, 0) is 4.79 Å². The van der Waals surface area contributed by atoms with E-state index in [4.69, 9.17) is 0 Å². The SMILES string of the molecule is CNC(=O)NC(=O)CN1CCCC(C(C)(C)C)CC1. The normalized spacial score (nSPS) is 21.6. The molecule has 19 heavy (non-hydrogen) atoms. The maximum atomic E-state index is 11.7. The van der Waals surface area contributed by atoms with Gasteiger partial charge < -0.3 is 5.32 Å². The zero-order chi connectivity index (χ0) is 14.5. The highest BCUT2D eigenvalue weighted by molar-refractivity contribution is 5.95. The van der Waals surface area contributed by atoms with E-state index in [1.165, 1.54) is 13.5 Å². The molecular formula is C14H27N3O2. The van der Waals surface area contributed by atoms with Crippen LogP contribution in [-0.4, -0.2) is 43.5 Å². The van der Waals surface area contributed by atoms with Crippen molar-refractivity contribution >= 4 is 11.9 Å². The van der Waals surface area contributed by atoms with Crippen molar-refractivity contribution in [3.63, 3.8) is 0 Å². The first-order chi connectivity index (χ1) is 8.82. The van der Waals surface area contributed by atoms with Gasteiger partial charge in [0.2, 0.25) is 5.91 Å². The predicted octanol–water partition coefficient (Wildman–Crippen LogP) is 1.59. The number of hydrogen-bond donors (Lipinski definition) is 2. The van der Waals surface area contributed by atoms with Crippen molar-refractivity contribution in [1.82, 2.24) is 15.5 Å². The van der Waals surface area contributed by atoms with Crippen LogP contribution >= 0.6 is 0 Å². The molecule has 1 aliphatic heterocycles. The van der Waals surface area contributed by atoms with Crippen molar-refractivity contribution in [3.8, 4) is 0 Å². The molecule has 0 bridgehead atoms. The van der Waals surface area contributed by atoms with Gasteiger partial charge in [-0.1, -0.05) is 20.8 Å². The van der Waals surface area contributed by atoms with Crippen LogP contribution in [0.3, 0.4) is 0 Å². The minimum Gasteiger partial charge on any atom is -0.341 e. The average Bonchev–Trinajstić information content (AvgIpc) is 2.53. The molecule has 1 atom stereocenters. The van der Waals surface area contributed by atoms with Crippen molar-refractivity contribution < 1.29 is 9.59 Å². The van der Waals surface area contributed by atoms with Crippen LogP contribution in [0.5, 0.6) is 0 Å². The highest BCUT2D eigenvalue weighted by Crippen LogP contribution is 2.34. The molecule has 0 spiro atoms. The van der Waals surface area contributed by atoms with Crippen molar-refractivity contribution in [2.24, 2.45) is 11.3 Å². The van der Waals surface area contributed by atoms with E-state index in [-0.39, 0.29) is 5.91 Å². The molecule has 1 aliphatic rings. The van der Waals surface area contributed by atoms with E-state index < -0.39 is 6.03 Å². The molecule has 2 N–H and O–H groups in total. The number of likely N-dealkylation sites (tertiary alicyclic amines) is 1. The maximum absolute atomic E-state index is 11.7. The third-order valence-corrected chi connectivity index (χ3v) is 3.89. The van der Waals surface area contributed by atoms with Crippen molar-refractivity contribution in [2.75, 3.05) is 26.7 Å². The van der Waals surface area contributed by atoms with E-state index in [0.29, 0.717) is 17.9 Å². The van der Waals surface area contributed by atoms with Crippen LogP contribution in [0.25, 0.3) is 0 Å². The van der Waals surface area contributed by atoms with Crippen molar-refractivity contribution in [2.45, 2.75) is 40.0 Å². The van der Waals surface area contributed by atoms with Crippen LogP contribution in [0.15, 0.2) is 0 Å². The topological polar surface area (TPSA) is 61.4 Å². The summed E-state index contributed by atoms with van der Waals surface area (Å²) >= 11 is 0. The summed E-state index contributed by atoms with van der Waals surface area (Å²) in [7, 11) is 1.50. The Morgan fingerprint density at radius 1 is 1.21 bits per heavy atom. The molecule has 110 valence electrons. The van der Waals surface area contributed by atoms with Gasteiger partial charge in [0.05, 0.1) is 6.54 Å². The number of carbonyl (C=O) groups excluding carboxylic acids is 2. The molecule has 1 heterocycles. The molecular weight excluding hydrogens is 242 g/mol. The Hall–Kier alpha value is -1.10. The van der Waals surface area contributed by atoms with Gasteiger partial charge in [-0.05, 0) is 43.7 Å². The highest BCUT2D eigenvalue weighted by atomic mass is 16.2. The molecule has 3 amide bonds. The third-order valence-electron chi connectivity index (χ3n) is 3.89. The fraction of sp³-hybridized carbons (Fsp3) is 0.857. The highest BCUT2D eigenvalue weighted by Gasteiger charge is 2.27. The molecule has 5 nitrogen and oxygen atoms in total. The largest absolute Gasteiger partial charge is 0.341 e. The second-order valence-electron chi connectivity index (χ2n) is 6.40. The minimum atomic E-state index is -0.438. The Morgan fingerprint density at radius 3 is 2.47 bits per heavy atom. The Bertz CT molecular complexity index is 323. The van der Waals surface area contributed by atoms with Gasteiger partial charge in [-0.25, -0.2) is 4.79 Å². The van der Waals surface area contributed by atoms with E-state index in [0.717, 1.165) is 25.9 Å². The molecule has 0 aromatic carbocycles. The first-order valence-corrected chi connectivity index (χ1v) is 7.07. The maximum Gasteiger partial charge on any atom is 0.321 e. The lowest BCUT2D eigenvalue weighted by Crippen LogP contribution is -2.43. The smallest absolute Gasteiger partial charge is 0.321 e. The van der Waals surface area contributed by atoms with E-state index >= 15 is 0 Å². The van der Waals surface area contributed by atoms with Crippen LogP contribution in [0.2, 0.25) is 0 Å². The Labute approximate surface area is 116 Å². The lowest BCUT2D eigenvalue weighted by atomic mass is 9.77. The lowest BCUT2D eigenvalue weighted by Gasteiger charge is -2.29. The quantitative estimate of drug-likeness (QED) is 0.800. The molecule has 5 heteroatoms. The number of rotatable bonds is 2. The van der Waals surface area contributed by atoms with Gasteiger partial charge in [-0.3, -0.25) is 15.0 Å². The standard InChI is InChI=1S/C14H27N3O2/c1-14(2,3)11-6-5-8-17(9-7-11)10-12(18)16-13(19)15-4/h11H,5-10H2,1-4H3,(H2,15,16,18,19). The summed E-state index contributed by atoms with van der Waals surface area (Å²) in [6.07, 6.45) is 3.46. The summed E-state index contributed by atoms with van der Waals surface area (Å²) in [6.45, 7) is 9.03. The molecule has 1 fully saturated rings. The zero-order valence-electron chi connectivity index (χ0n) is 12.6. The summed E-state index contributed by atoms with van der Waals surface area (Å²) in [5, 5.41) is 4.69. The van der Waals surface area contributed by atoms with E-state index in [1.807, 2.05) is 0 Å². The van der Waals surface area contributed by atoms with Gasteiger partial charge >= 0.3 is 6.03 Å². The van der Waals surface area contributed by atoms with Gasteiger partial charge in [-0.15, -0.1) is 0 Å². The molecule has 0 radical (unpaired) electrons. The van der Waals surface area contributed by atoms with Crippen LogP contribution in [0.4, 0.5) is 4.79 Å². The summed E-state index contributed by atoms with van der Waals surface area (Å²) in [5.74, 6) is 0.480. The van der Waals surface area contributed by atoms with E-state index in [9.17, 15) is 9.59 Å². The molecule has 0 aliphatic carbocycles. The van der Waals surface area contributed by atoms with E-state index in [1.54, 1.807) is 0 Å². The number of nitrogens with zero attached hydrogens (tertiary/aromatic N) is 1. The summed E-state index contributed by atoms with van der Waals surface area (Å²) in [4.78, 5) is 24.9. The number of nitrogens with one attached hydrogen (secondary N) is 2. The fourth-order valence-electron chi connectivity index (χ4n) is 2.61. The van der Waals surface area contributed by atoms with Gasteiger partial charge in [0.25, 0.3) is 0 Å². The van der Waals surface area contributed by atoms with Gasteiger partial charge in [0.1, 0.15) is 0 Å². The Kier molecular flexibility index (Phi) is 5.79. The van der Waals surface area contributed by atoms with Gasteiger partial charge in [0, 0.05) is 7.05 Å². The molecule has 0 aromatic rings. The van der Waals surface area contributed by atoms with Crippen molar-refractivity contribution in [1.29, 1.82) is 0 Å². The number of urea groups is 1. The third kappa shape index (κ3) is 5.59.